The molecule has 0 N–H and O–H groups in total. The lowest BCUT2D eigenvalue weighted by Gasteiger charge is -2.09. The second kappa shape index (κ2) is 5.98. The third kappa shape index (κ3) is 2.42. The zero-order valence-corrected chi connectivity index (χ0v) is 13.9. The van der Waals surface area contributed by atoms with E-state index in [4.69, 9.17) is 4.74 Å². The Balaban J connectivity index is 2.11. The summed E-state index contributed by atoms with van der Waals surface area (Å²) in [5, 5.41) is 9.43. The number of pyridine rings is 2. The van der Waals surface area contributed by atoms with E-state index in [0.717, 1.165) is 16.5 Å². The van der Waals surface area contributed by atoms with Gasteiger partial charge in [-0.25, -0.2) is 9.78 Å². The number of aromatic nitrogens is 4. The molecule has 0 fully saturated rings. The van der Waals surface area contributed by atoms with Crippen LogP contribution < -0.4 is 0 Å². The minimum absolute atomic E-state index is 0.300. The largest absolute Gasteiger partial charge is 0.462 e. The van der Waals surface area contributed by atoms with Crippen LogP contribution in [0.5, 0.6) is 0 Å². The molecule has 0 atom stereocenters. The highest BCUT2D eigenvalue weighted by atomic mass is 16.5. The molecule has 3 aromatic heterocycles. The summed E-state index contributed by atoms with van der Waals surface area (Å²) in [7, 11) is 0. The molecule has 6 nitrogen and oxygen atoms in total. The minimum Gasteiger partial charge on any atom is -0.462 e. The van der Waals surface area contributed by atoms with Crippen molar-refractivity contribution in [3.05, 3.63) is 59.8 Å². The van der Waals surface area contributed by atoms with Crippen molar-refractivity contribution < 1.29 is 9.53 Å². The number of carbonyl (C=O) groups excluding carboxylic acids is 1. The van der Waals surface area contributed by atoms with Crippen LogP contribution in [0, 0.1) is 6.92 Å². The van der Waals surface area contributed by atoms with Crippen molar-refractivity contribution in [1.29, 1.82) is 0 Å². The molecular formula is C19H16N4O2. The smallest absolute Gasteiger partial charge is 0.342 e. The summed E-state index contributed by atoms with van der Waals surface area (Å²) in [4.78, 5) is 16.9. The average molecular weight is 332 g/mol. The maximum atomic E-state index is 12.4. The summed E-state index contributed by atoms with van der Waals surface area (Å²) in [6.07, 6.45) is 1.72. The Hall–Kier alpha value is -3.28. The van der Waals surface area contributed by atoms with Gasteiger partial charge in [-0.05, 0) is 37.6 Å². The molecule has 4 rings (SSSR count). The summed E-state index contributed by atoms with van der Waals surface area (Å²) in [6, 6.07) is 13.4. The van der Waals surface area contributed by atoms with Gasteiger partial charge < -0.3 is 4.74 Å². The monoisotopic (exact) mass is 332 g/mol. The summed E-state index contributed by atoms with van der Waals surface area (Å²) in [6.45, 7) is 4.09. The van der Waals surface area contributed by atoms with E-state index in [-0.39, 0.29) is 0 Å². The van der Waals surface area contributed by atoms with E-state index in [1.54, 1.807) is 19.2 Å². The average Bonchev–Trinajstić information content (AvgIpc) is 3.07. The molecular weight excluding hydrogens is 316 g/mol. The summed E-state index contributed by atoms with van der Waals surface area (Å²) in [5.41, 5.74) is 3.55. The first-order valence-electron chi connectivity index (χ1n) is 8.06. The number of fused-ring (bicyclic) bond motifs is 3. The van der Waals surface area contributed by atoms with Crippen molar-refractivity contribution in [3.63, 3.8) is 0 Å². The molecule has 0 saturated heterocycles. The van der Waals surface area contributed by atoms with Gasteiger partial charge in [-0.2, -0.15) is 0 Å². The molecule has 0 aliphatic carbocycles. The summed E-state index contributed by atoms with van der Waals surface area (Å²) >= 11 is 0. The number of rotatable bonds is 3. The summed E-state index contributed by atoms with van der Waals surface area (Å²) in [5.74, 6) is 0.241. The maximum Gasteiger partial charge on any atom is 0.342 e. The van der Waals surface area contributed by atoms with Crippen molar-refractivity contribution in [2.24, 2.45) is 0 Å². The first kappa shape index (κ1) is 15.3. The van der Waals surface area contributed by atoms with Crippen molar-refractivity contribution in [2.75, 3.05) is 6.61 Å². The fourth-order valence-corrected chi connectivity index (χ4v) is 2.95. The van der Waals surface area contributed by atoms with Gasteiger partial charge in [0.2, 0.25) is 0 Å². The van der Waals surface area contributed by atoms with Crippen molar-refractivity contribution in [1.82, 2.24) is 19.6 Å². The van der Waals surface area contributed by atoms with Crippen LogP contribution in [0.25, 0.3) is 28.1 Å². The number of aryl methyl sites for hydroxylation is 1. The normalized spacial score (nSPS) is 11.1. The second-order valence-corrected chi connectivity index (χ2v) is 5.69. The van der Waals surface area contributed by atoms with E-state index in [1.807, 2.05) is 47.7 Å². The lowest BCUT2D eigenvalue weighted by atomic mass is 10.1. The van der Waals surface area contributed by atoms with E-state index < -0.39 is 5.97 Å². The zero-order chi connectivity index (χ0) is 17.4. The summed E-state index contributed by atoms with van der Waals surface area (Å²) < 4.78 is 7.01. The number of nitrogens with zero attached hydrogens (tertiary/aromatic N) is 4. The van der Waals surface area contributed by atoms with Gasteiger partial charge >= 0.3 is 5.97 Å². The van der Waals surface area contributed by atoms with Gasteiger partial charge in [0, 0.05) is 17.1 Å². The predicted octanol–water partition coefficient (Wildman–Crippen LogP) is 3.43. The Bertz CT molecular complexity index is 1100. The van der Waals surface area contributed by atoms with Gasteiger partial charge in [-0.3, -0.25) is 4.40 Å². The molecule has 124 valence electrons. The van der Waals surface area contributed by atoms with Crippen LogP contribution in [0.1, 0.15) is 22.8 Å². The van der Waals surface area contributed by atoms with Crippen LogP contribution in [-0.4, -0.2) is 32.2 Å². The topological polar surface area (TPSA) is 69.4 Å². The molecule has 0 bridgehead atoms. The van der Waals surface area contributed by atoms with Crippen molar-refractivity contribution in [3.8, 4) is 11.4 Å². The molecule has 0 unspecified atom stereocenters. The lowest BCUT2D eigenvalue weighted by Crippen LogP contribution is -2.08. The number of benzene rings is 1. The van der Waals surface area contributed by atoms with Crippen molar-refractivity contribution in [2.45, 2.75) is 13.8 Å². The number of hydrogen-bond acceptors (Lipinski definition) is 5. The molecule has 0 aliphatic heterocycles. The van der Waals surface area contributed by atoms with Gasteiger partial charge in [0.1, 0.15) is 11.2 Å². The highest BCUT2D eigenvalue weighted by molar-refractivity contribution is 6.00. The molecule has 0 radical (unpaired) electrons. The maximum absolute atomic E-state index is 12.4. The van der Waals surface area contributed by atoms with Crippen LogP contribution in [0.3, 0.4) is 0 Å². The molecule has 0 amide bonds. The third-order valence-electron chi connectivity index (χ3n) is 4.11. The van der Waals surface area contributed by atoms with Crippen LogP contribution in [0.15, 0.2) is 48.7 Å². The molecule has 3 heterocycles. The van der Waals surface area contributed by atoms with Gasteiger partial charge in [-0.15, -0.1) is 10.2 Å². The lowest BCUT2D eigenvalue weighted by molar-refractivity contribution is 0.0528. The highest BCUT2D eigenvalue weighted by Crippen LogP contribution is 2.27. The van der Waals surface area contributed by atoms with E-state index in [1.165, 1.54) is 0 Å². The predicted molar refractivity (Wildman–Crippen MR) is 94.4 cm³/mol. The van der Waals surface area contributed by atoms with E-state index >= 15 is 0 Å². The Labute approximate surface area is 144 Å². The van der Waals surface area contributed by atoms with E-state index in [2.05, 4.69) is 15.2 Å². The van der Waals surface area contributed by atoms with Gasteiger partial charge in [0.05, 0.1) is 6.61 Å². The molecule has 0 spiro atoms. The molecule has 6 heteroatoms. The van der Waals surface area contributed by atoms with Crippen LogP contribution in [0.4, 0.5) is 0 Å². The van der Waals surface area contributed by atoms with Crippen molar-refractivity contribution >= 4 is 22.6 Å². The van der Waals surface area contributed by atoms with Crippen LogP contribution >= 0.6 is 0 Å². The van der Waals surface area contributed by atoms with Gasteiger partial charge in [0.25, 0.3) is 0 Å². The third-order valence-corrected chi connectivity index (χ3v) is 4.11. The molecule has 0 aliphatic rings. The number of hydrogen-bond donors (Lipinski definition) is 0. The van der Waals surface area contributed by atoms with Gasteiger partial charge in [-0.1, -0.05) is 24.3 Å². The molecule has 4 aromatic rings. The SMILES string of the molecule is CCOC(=O)c1cc2cccnc2n2c(-c3ccccc3C)nnc12. The van der Waals surface area contributed by atoms with Crippen LogP contribution in [-0.2, 0) is 4.74 Å². The quantitative estimate of drug-likeness (QED) is 0.538. The Morgan fingerprint density at radius 3 is 2.76 bits per heavy atom. The highest BCUT2D eigenvalue weighted by Gasteiger charge is 2.20. The van der Waals surface area contributed by atoms with E-state index in [0.29, 0.717) is 29.3 Å². The molecule has 1 aromatic carbocycles. The van der Waals surface area contributed by atoms with Crippen LogP contribution in [0.2, 0.25) is 0 Å². The van der Waals surface area contributed by atoms with E-state index in [9.17, 15) is 4.79 Å². The fraction of sp³-hybridized carbons (Fsp3) is 0.158. The Morgan fingerprint density at radius 1 is 1.12 bits per heavy atom. The molecule has 0 saturated carbocycles. The van der Waals surface area contributed by atoms with Gasteiger partial charge in [0.15, 0.2) is 11.5 Å². The fourth-order valence-electron chi connectivity index (χ4n) is 2.95. The standard InChI is InChI=1S/C19H16N4O2/c1-3-25-19(24)15-11-13-8-6-10-20-16(13)23-17(21-22-18(15)23)14-9-5-4-7-12(14)2/h4-11H,3H2,1-2H3. The Kier molecular flexibility index (Phi) is 3.65. The first-order chi connectivity index (χ1) is 12.2. The second-order valence-electron chi connectivity index (χ2n) is 5.69. The zero-order valence-electron chi connectivity index (χ0n) is 13.9. The Morgan fingerprint density at radius 2 is 1.96 bits per heavy atom. The number of esters is 1. The number of carbonyl (C=O) groups is 1. The number of ether oxygens (including phenoxy) is 1. The minimum atomic E-state index is -0.415. The first-order valence-corrected chi connectivity index (χ1v) is 8.06. The molecule has 25 heavy (non-hydrogen) atoms.